The first-order valence-electron chi connectivity index (χ1n) is 5.92. The summed E-state index contributed by atoms with van der Waals surface area (Å²) in [5, 5.41) is 3.35. The van der Waals surface area contributed by atoms with Crippen LogP contribution in [0.1, 0.15) is 11.1 Å². The number of hydrogen-bond acceptors (Lipinski definition) is 3. The molecule has 0 atom stereocenters. The Morgan fingerprint density at radius 1 is 1.17 bits per heavy atom. The van der Waals surface area contributed by atoms with Gasteiger partial charge in [0.2, 0.25) is 0 Å². The lowest BCUT2D eigenvalue weighted by molar-refractivity contribution is 0.417. The fourth-order valence-electron chi connectivity index (χ4n) is 1.85. The number of nitrogen functional groups attached to an aromatic ring is 1. The van der Waals surface area contributed by atoms with E-state index in [4.69, 9.17) is 10.5 Å². The van der Waals surface area contributed by atoms with E-state index in [1.807, 2.05) is 18.2 Å². The molecule has 2 aromatic carbocycles. The summed E-state index contributed by atoms with van der Waals surface area (Å²) >= 11 is 0. The van der Waals surface area contributed by atoms with Gasteiger partial charge in [-0.15, -0.1) is 0 Å². The molecule has 2 aromatic rings. The Labute approximate surface area is 108 Å². The summed E-state index contributed by atoms with van der Waals surface area (Å²) in [6, 6.07) is 14.1. The van der Waals surface area contributed by atoms with Crippen molar-refractivity contribution in [2.24, 2.45) is 0 Å². The summed E-state index contributed by atoms with van der Waals surface area (Å²) in [5.74, 6) is 0.698. The van der Waals surface area contributed by atoms with Crippen molar-refractivity contribution >= 4 is 11.4 Å². The average molecular weight is 242 g/mol. The van der Waals surface area contributed by atoms with Gasteiger partial charge in [0.05, 0.1) is 12.8 Å². The average Bonchev–Trinajstić information content (AvgIpc) is 2.38. The van der Waals surface area contributed by atoms with E-state index in [0.717, 1.165) is 12.2 Å². The molecule has 0 radical (unpaired) electrons. The first-order chi connectivity index (χ1) is 8.69. The number of ether oxygens (including phenoxy) is 1. The molecule has 0 heterocycles. The zero-order valence-electron chi connectivity index (χ0n) is 10.7. The van der Waals surface area contributed by atoms with Crippen LogP contribution < -0.4 is 15.8 Å². The molecule has 3 heteroatoms. The van der Waals surface area contributed by atoms with Gasteiger partial charge in [-0.2, -0.15) is 0 Å². The monoisotopic (exact) mass is 242 g/mol. The maximum Gasteiger partial charge on any atom is 0.143 e. The Hall–Kier alpha value is -2.16. The van der Waals surface area contributed by atoms with Gasteiger partial charge in [-0.25, -0.2) is 0 Å². The highest BCUT2D eigenvalue weighted by molar-refractivity contribution is 5.61. The molecule has 2 rings (SSSR count). The van der Waals surface area contributed by atoms with Crippen LogP contribution in [-0.2, 0) is 6.54 Å². The quantitative estimate of drug-likeness (QED) is 0.809. The van der Waals surface area contributed by atoms with Crippen LogP contribution in [0, 0.1) is 6.92 Å². The molecule has 0 spiro atoms. The van der Waals surface area contributed by atoms with Crippen LogP contribution in [0.2, 0.25) is 0 Å². The van der Waals surface area contributed by atoms with Gasteiger partial charge in [-0.05, 0) is 24.6 Å². The predicted molar refractivity (Wildman–Crippen MR) is 75.9 cm³/mol. The van der Waals surface area contributed by atoms with Gasteiger partial charge in [-0.3, -0.25) is 0 Å². The number of anilines is 2. The smallest absolute Gasteiger partial charge is 0.143 e. The van der Waals surface area contributed by atoms with Gasteiger partial charge in [0.25, 0.3) is 0 Å². The molecule has 0 aromatic heterocycles. The second-order valence-corrected chi connectivity index (χ2v) is 4.30. The number of benzene rings is 2. The lowest BCUT2D eigenvalue weighted by Gasteiger charge is -2.10. The maximum atomic E-state index is 5.77. The van der Waals surface area contributed by atoms with E-state index in [1.165, 1.54) is 11.1 Å². The molecule has 3 N–H and O–H groups in total. The molecule has 0 saturated carbocycles. The summed E-state index contributed by atoms with van der Waals surface area (Å²) < 4.78 is 5.19. The van der Waals surface area contributed by atoms with Crippen molar-refractivity contribution in [3.63, 3.8) is 0 Å². The van der Waals surface area contributed by atoms with E-state index in [1.54, 1.807) is 7.11 Å². The SMILES string of the molecule is COc1cc(NCc2cccc(C)c2)ccc1N. The Morgan fingerprint density at radius 3 is 2.72 bits per heavy atom. The van der Waals surface area contributed by atoms with Gasteiger partial charge in [0, 0.05) is 18.3 Å². The third kappa shape index (κ3) is 2.94. The normalized spacial score (nSPS) is 10.1. The van der Waals surface area contributed by atoms with Crippen molar-refractivity contribution in [1.82, 2.24) is 0 Å². The maximum absolute atomic E-state index is 5.77. The third-order valence-corrected chi connectivity index (χ3v) is 2.81. The Morgan fingerprint density at radius 2 is 2.00 bits per heavy atom. The summed E-state index contributed by atoms with van der Waals surface area (Å²) in [6.45, 7) is 2.88. The van der Waals surface area contributed by atoms with Gasteiger partial charge in [0.1, 0.15) is 5.75 Å². The molecule has 0 amide bonds. The van der Waals surface area contributed by atoms with Crippen molar-refractivity contribution in [3.05, 3.63) is 53.6 Å². The highest BCUT2D eigenvalue weighted by Crippen LogP contribution is 2.25. The first kappa shape index (κ1) is 12.3. The Balaban J connectivity index is 2.06. The number of aryl methyl sites for hydroxylation is 1. The predicted octanol–water partition coefficient (Wildman–Crippen LogP) is 3.20. The van der Waals surface area contributed by atoms with Crippen LogP contribution in [0.25, 0.3) is 0 Å². The van der Waals surface area contributed by atoms with Gasteiger partial charge in [0.15, 0.2) is 0 Å². The summed E-state index contributed by atoms with van der Waals surface area (Å²) in [4.78, 5) is 0. The molecule has 0 aliphatic rings. The van der Waals surface area contributed by atoms with E-state index in [9.17, 15) is 0 Å². The van der Waals surface area contributed by atoms with E-state index >= 15 is 0 Å². The molecule has 0 bridgehead atoms. The van der Waals surface area contributed by atoms with Crippen LogP contribution in [0.4, 0.5) is 11.4 Å². The molecular formula is C15H18N2O. The summed E-state index contributed by atoms with van der Waals surface area (Å²) in [5.41, 5.74) is 9.95. The number of nitrogens with one attached hydrogen (secondary N) is 1. The lowest BCUT2D eigenvalue weighted by Crippen LogP contribution is -2.00. The van der Waals surface area contributed by atoms with E-state index in [2.05, 4.69) is 36.5 Å². The van der Waals surface area contributed by atoms with Gasteiger partial charge in [-0.1, -0.05) is 29.8 Å². The summed E-state index contributed by atoms with van der Waals surface area (Å²) in [7, 11) is 1.62. The molecule has 0 unspecified atom stereocenters. The topological polar surface area (TPSA) is 47.3 Å². The van der Waals surface area contributed by atoms with Crippen molar-refractivity contribution < 1.29 is 4.74 Å². The van der Waals surface area contributed by atoms with Crippen molar-refractivity contribution in [2.45, 2.75) is 13.5 Å². The van der Waals surface area contributed by atoms with Crippen LogP contribution in [0.15, 0.2) is 42.5 Å². The van der Waals surface area contributed by atoms with Crippen molar-refractivity contribution in [2.75, 3.05) is 18.2 Å². The third-order valence-electron chi connectivity index (χ3n) is 2.81. The van der Waals surface area contributed by atoms with E-state index < -0.39 is 0 Å². The minimum absolute atomic E-state index is 0.651. The molecular weight excluding hydrogens is 224 g/mol. The minimum atomic E-state index is 0.651. The zero-order valence-corrected chi connectivity index (χ0v) is 10.7. The Bertz CT molecular complexity index is 538. The molecule has 3 nitrogen and oxygen atoms in total. The number of hydrogen-bond donors (Lipinski definition) is 2. The van der Waals surface area contributed by atoms with Crippen LogP contribution >= 0.6 is 0 Å². The number of rotatable bonds is 4. The molecule has 94 valence electrons. The molecule has 18 heavy (non-hydrogen) atoms. The molecule has 0 fully saturated rings. The van der Waals surface area contributed by atoms with Crippen molar-refractivity contribution in [3.8, 4) is 5.75 Å². The largest absolute Gasteiger partial charge is 0.495 e. The molecule has 0 saturated heterocycles. The van der Waals surface area contributed by atoms with E-state index in [0.29, 0.717) is 11.4 Å². The Kier molecular flexibility index (Phi) is 3.72. The number of nitrogens with two attached hydrogens (primary N) is 1. The standard InChI is InChI=1S/C15H18N2O/c1-11-4-3-5-12(8-11)10-17-13-6-7-14(16)15(9-13)18-2/h3-9,17H,10,16H2,1-2H3. The fraction of sp³-hybridized carbons (Fsp3) is 0.200. The first-order valence-corrected chi connectivity index (χ1v) is 5.92. The second-order valence-electron chi connectivity index (χ2n) is 4.30. The zero-order chi connectivity index (χ0) is 13.0. The van der Waals surface area contributed by atoms with Crippen LogP contribution in [0.3, 0.4) is 0 Å². The second kappa shape index (κ2) is 5.45. The minimum Gasteiger partial charge on any atom is -0.495 e. The fourth-order valence-corrected chi connectivity index (χ4v) is 1.85. The highest BCUT2D eigenvalue weighted by Gasteiger charge is 2.01. The van der Waals surface area contributed by atoms with Crippen LogP contribution in [-0.4, -0.2) is 7.11 Å². The van der Waals surface area contributed by atoms with Gasteiger partial charge >= 0.3 is 0 Å². The molecule has 0 aliphatic carbocycles. The van der Waals surface area contributed by atoms with E-state index in [-0.39, 0.29) is 0 Å². The summed E-state index contributed by atoms with van der Waals surface area (Å²) in [6.07, 6.45) is 0. The van der Waals surface area contributed by atoms with Crippen molar-refractivity contribution in [1.29, 1.82) is 0 Å². The number of methoxy groups -OCH3 is 1. The van der Waals surface area contributed by atoms with Crippen LogP contribution in [0.5, 0.6) is 5.75 Å². The lowest BCUT2D eigenvalue weighted by atomic mass is 10.1. The highest BCUT2D eigenvalue weighted by atomic mass is 16.5. The molecule has 0 aliphatic heterocycles. The van der Waals surface area contributed by atoms with Gasteiger partial charge < -0.3 is 15.8 Å².